The van der Waals surface area contributed by atoms with Gasteiger partial charge in [0, 0.05) is 34.7 Å². The standard InChI is InChI=1S/C28H30N2OS2/c1-4-6-9-24-20(5-2)18-33-28(30-24)23-15-22-14-19(12-13-21(22)16-26(23)31)17-32-27-11-8-7-10-25(27)29-3/h6-16,29,31H,4-5,17-18H2,1-3H3/b9-6-. The number of hydrogen-bond acceptors (Lipinski definition) is 5. The van der Waals surface area contributed by atoms with E-state index in [-0.39, 0.29) is 5.75 Å². The lowest BCUT2D eigenvalue weighted by atomic mass is 10.0. The number of aromatic hydroxyl groups is 1. The van der Waals surface area contributed by atoms with E-state index >= 15 is 0 Å². The van der Waals surface area contributed by atoms with E-state index in [2.05, 4.69) is 73.8 Å². The van der Waals surface area contributed by atoms with Crippen LogP contribution in [0.3, 0.4) is 0 Å². The van der Waals surface area contributed by atoms with E-state index in [9.17, 15) is 5.11 Å². The maximum atomic E-state index is 10.8. The molecule has 0 aliphatic carbocycles. The summed E-state index contributed by atoms with van der Waals surface area (Å²) >= 11 is 3.54. The lowest BCUT2D eigenvalue weighted by molar-refractivity contribution is 0.475. The summed E-state index contributed by atoms with van der Waals surface area (Å²) in [5, 5.41) is 17.1. The zero-order valence-electron chi connectivity index (χ0n) is 19.4. The van der Waals surface area contributed by atoms with Crippen molar-refractivity contribution in [2.45, 2.75) is 37.3 Å². The number of fused-ring (bicyclic) bond motifs is 1. The SMILES string of the molecule is CC/C=C\C1=C(CC)CSC(c2cc3cc(CSc4ccccc4NC)ccc3cc2O)=N1. The van der Waals surface area contributed by atoms with Crippen LogP contribution in [-0.4, -0.2) is 23.0 Å². The molecule has 1 aliphatic rings. The summed E-state index contributed by atoms with van der Waals surface area (Å²) in [4.78, 5) is 6.17. The molecule has 3 aromatic rings. The van der Waals surface area contributed by atoms with Crippen LogP contribution in [0.4, 0.5) is 5.69 Å². The molecule has 0 aromatic heterocycles. The number of anilines is 1. The van der Waals surface area contributed by atoms with Gasteiger partial charge in [0.05, 0.1) is 5.70 Å². The Morgan fingerprint density at radius 2 is 1.94 bits per heavy atom. The van der Waals surface area contributed by atoms with Crippen LogP contribution in [0, 0.1) is 0 Å². The minimum absolute atomic E-state index is 0.289. The topological polar surface area (TPSA) is 44.6 Å². The van der Waals surface area contributed by atoms with Crippen molar-refractivity contribution < 1.29 is 5.11 Å². The maximum absolute atomic E-state index is 10.8. The highest BCUT2D eigenvalue weighted by molar-refractivity contribution is 8.14. The zero-order valence-corrected chi connectivity index (χ0v) is 21.0. The molecular formula is C28H30N2OS2. The first-order chi connectivity index (χ1) is 16.1. The minimum Gasteiger partial charge on any atom is -0.507 e. The average molecular weight is 475 g/mol. The third kappa shape index (κ3) is 5.48. The Bertz CT molecular complexity index is 1240. The quantitative estimate of drug-likeness (QED) is 0.325. The van der Waals surface area contributed by atoms with Crippen molar-refractivity contribution in [2.75, 3.05) is 18.1 Å². The normalized spacial score (nSPS) is 14.2. The first kappa shape index (κ1) is 23.5. The lowest BCUT2D eigenvalue weighted by Crippen LogP contribution is -2.06. The van der Waals surface area contributed by atoms with Crippen LogP contribution in [0.25, 0.3) is 10.8 Å². The number of nitrogens with one attached hydrogen (secondary N) is 1. The maximum Gasteiger partial charge on any atom is 0.126 e. The van der Waals surface area contributed by atoms with Crippen LogP contribution >= 0.6 is 23.5 Å². The van der Waals surface area contributed by atoms with Crippen molar-refractivity contribution in [3.05, 3.63) is 89.1 Å². The summed E-state index contributed by atoms with van der Waals surface area (Å²) in [7, 11) is 1.96. The molecule has 5 heteroatoms. The summed E-state index contributed by atoms with van der Waals surface area (Å²) in [6.45, 7) is 4.31. The molecule has 33 heavy (non-hydrogen) atoms. The van der Waals surface area contributed by atoms with E-state index in [0.717, 1.165) is 57.1 Å². The summed E-state index contributed by atoms with van der Waals surface area (Å²) in [5.41, 5.74) is 5.62. The predicted octanol–water partition coefficient (Wildman–Crippen LogP) is 8.00. The summed E-state index contributed by atoms with van der Waals surface area (Å²) in [6.07, 6.45) is 6.25. The van der Waals surface area contributed by atoms with Crippen LogP contribution in [0.15, 0.2) is 87.9 Å². The van der Waals surface area contributed by atoms with E-state index in [0.29, 0.717) is 0 Å². The highest BCUT2D eigenvalue weighted by Gasteiger charge is 2.18. The van der Waals surface area contributed by atoms with Crippen LogP contribution in [0.1, 0.15) is 37.8 Å². The van der Waals surface area contributed by atoms with Crippen molar-refractivity contribution in [1.82, 2.24) is 0 Å². The third-order valence-corrected chi connectivity index (χ3v) is 7.93. The fourth-order valence-corrected chi connectivity index (χ4v) is 5.96. The highest BCUT2D eigenvalue weighted by Crippen LogP contribution is 2.35. The van der Waals surface area contributed by atoms with Gasteiger partial charge in [0.2, 0.25) is 0 Å². The Morgan fingerprint density at radius 1 is 1.09 bits per heavy atom. The zero-order chi connectivity index (χ0) is 23.2. The van der Waals surface area contributed by atoms with Crippen molar-refractivity contribution in [2.24, 2.45) is 4.99 Å². The Balaban J connectivity index is 1.64. The molecule has 0 atom stereocenters. The molecule has 0 amide bonds. The molecule has 0 unspecified atom stereocenters. The van der Waals surface area contributed by atoms with Crippen LogP contribution < -0.4 is 5.32 Å². The molecule has 1 heterocycles. The number of phenolic OH excluding ortho intramolecular Hbond substituents is 1. The fourth-order valence-electron chi connectivity index (χ4n) is 3.81. The molecule has 0 saturated carbocycles. The smallest absolute Gasteiger partial charge is 0.126 e. The monoisotopic (exact) mass is 474 g/mol. The van der Waals surface area contributed by atoms with Gasteiger partial charge in [0.25, 0.3) is 0 Å². The number of nitrogens with zero attached hydrogens (tertiary/aromatic N) is 1. The second-order valence-corrected chi connectivity index (χ2v) is 9.93. The van der Waals surface area contributed by atoms with E-state index in [1.165, 1.54) is 16.0 Å². The molecule has 3 nitrogen and oxygen atoms in total. The summed E-state index contributed by atoms with van der Waals surface area (Å²) in [6, 6.07) is 18.8. The van der Waals surface area contributed by atoms with Gasteiger partial charge in [-0.3, -0.25) is 0 Å². The van der Waals surface area contributed by atoms with Crippen LogP contribution in [0.2, 0.25) is 0 Å². The van der Waals surface area contributed by atoms with Crippen molar-refractivity contribution >= 4 is 45.0 Å². The van der Waals surface area contributed by atoms with Crippen molar-refractivity contribution in [3.8, 4) is 5.75 Å². The number of thioether (sulfide) groups is 2. The van der Waals surface area contributed by atoms with Gasteiger partial charge >= 0.3 is 0 Å². The second kappa shape index (κ2) is 11.0. The molecule has 0 fully saturated rings. The van der Waals surface area contributed by atoms with E-state index in [4.69, 9.17) is 4.99 Å². The lowest BCUT2D eigenvalue weighted by Gasteiger charge is -2.18. The van der Waals surface area contributed by atoms with Gasteiger partial charge in [-0.05, 0) is 65.1 Å². The summed E-state index contributed by atoms with van der Waals surface area (Å²) < 4.78 is 0. The van der Waals surface area contributed by atoms with Gasteiger partial charge in [-0.1, -0.05) is 50.3 Å². The van der Waals surface area contributed by atoms with E-state index in [1.807, 2.05) is 30.9 Å². The van der Waals surface area contributed by atoms with Gasteiger partial charge in [-0.15, -0.1) is 23.5 Å². The number of allylic oxidation sites excluding steroid dienone is 2. The van der Waals surface area contributed by atoms with E-state index < -0.39 is 0 Å². The van der Waals surface area contributed by atoms with Crippen molar-refractivity contribution in [1.29, 1.82) is 0 Å². The molecule has 170 valence electrons. The van der Waals surface area contributed by atoms with Gasteiger partial charge < -0.3 is 10.4 Å². The van der Waals surface area contributed by atoms with Crippen LogP contribution in [-0.2, 0) is 5.75 Å². The third-order valence-electron chi connectivity index (χ3n) is 5.71. The molecule has 3 aromatic carbocycles. The molecular weight excluding hydrogens is 444 g/mol. The number of aliphatic imine (C=N–C) groups is 1. The van der Waals surface area contributed by atoms with Gasteiger partial charge in [0.15, 0.2) is 0 Å². The molecule has 2 N–H and O–H groups in total. The fraction of sp³-hybridized carbons (Fsp3) is 0.250. The Labute approximate surface area is 205 Å². The number of benzene rings is 3. The molecule has 0 saturated heterocycles. The first-order valence-corrected chi connectivity index (χ1v) is 13.4. The molecule has 1 aliphatic heterocycles. The van der Waals surface area contributed by atoms with Gasteiger partial charge in [0.1, 0.15) is 10.8 Å². The van der Waals surface area contributed by atoms with Crippen molar-refractivity contribution in [3.63, 3.8) is 0 Å². The molecule has 0 bridgehead atoms. The summed E-state index contributed by atoms with van der Waals surface area (Å²) in [5.74, 6) is 2.09. The number of phenols is 1. The molecule has 0 radical (unpaired) electrons. The highest BCUT2D eigenvalue weighted by atomic mass is 32.2. The Hall–Kier alpha value is -2.63. The Kier molecular flexibility index (Phi) is 7.84. The second-order valence-electron chi connectivity index (χ2n) is 7.94. The molecule has 4 rings (SSSR count). The van der Waals surface area contributed by atoms with Crippen LogP contribution in [0.5, 0.6) is 5.75 Å². The average Bonchev–Trinajstić information content (AvgIpc) is 2.85. The first-order valence-electron chi connectivity index (χ1n) is 11.4. The number of para-hydroxylation sites is 1. The van der Waals surface area contributed by atoms with Gasteiger partial charge in [-0.25, -0.2) is 4.99 Å². The largest absolute Gasteiger partial charge is 0.507 e. The van der Waals surface area contributed by atoms with Gasteiger partial charge in [-0.2, -0.15) is 0 Å². The number of hydrogen-bond donors (Lipinski definition) is 2. The number of rotatable bonds is 8. The minimum atomic E-state index is 0.289. The Morgan fingerprint density at radius 3 is 2.73 bits per heavy atom. The molecule has 0 spiro atoms. The predicted molar refractivity (Wildman–Crippen MR) is 147 cm³/mol. The van der Waals surface area contributed by atoms with E-state index in [1.54, 1.807) is 11.8 Å².